The molecule has 1 aliphatic heterocycles. The molecular formula is C17H16O5. The van der Waals surface area contributed by atoms with Crippen LogP contribution in [0.25, 0.3) is 0 Å². The molecule has 0 aromatic heterocycles. The van der Waals surface area contributed by atoms with Gasteiger partial charge in [-0.15, -0.1) is 0 Å². The van der Waals surface area contributed by atoms with Gasteiger partial charge in [0.25, 0.3) is 0 Å². The van der Waals surface area contributed by atoms with Crippen molar-refractivity contribution >= 4 is 5.78 Å². The van der Waals surface area contributed by atoms with E-state index in [0.29, 0.717) is 5.75 Å². The van der Waals surface area contributed by atoms with E-state index in [2.05, 4.69) is 0 Å². The summed E-state index contributed by atoms with van der Waals surface area (Å²) < 4.78 is 16.2. The fraction of sp³-hybridized carbons (Fsp3) is 0.235. The zero-order chi connectivity index (χ0) is 15.7. The lowest BCUT2D eigenvalue weighted by atomic mass is 9.95. The number of benzene rings is 2. The average Bonchev–Trinajstić information content (AvgIpc) is 2.55. The van der Waals surface area contributed by atoms with Gasteiger partial charge in [-0.05, 0) is 5.56 Å². The van der Waals surface area contributed by atoms with Gasteiger partial charge in [0, 0.05) is 6.07 Å². The summed E-state index contributed by atoms with van der Waals surface area (Å²) >= 11 is 0. The molecule has 0 spiro atoms. The van der Waals surface area contributed by atoms with Crippen LogP contribution >= 0.6 is 0 Å². The summed E-state index contributed by atoms with van der Waals surface area (Å²) in [5.41, 5.74) is 1.18. The summed E-state index contributed by atoms with van der Waals surface area (Å²) in [7, 11) is 2.82. The first kappa shape index (κ1) is 14.3. The smallest absolute Gasteiger partial charge is 0.201 e. The molecule has 22 heavy (non-hydrogen) atoms. The van der Waals surface area contributed by atoms with Crippen LogP contribution in [-0.4, -0.2) is 25.1 Å². The number of carbonyl (C=O) groups is 1. The second kappa shape index (κ2) is 5.60. The lowest BCUT2D eigenvalue weighted by Crippen LogP contribution is -2.21. The number of Topliss-reactive ketones (excluding diaryl/α,β-unsaturated/α-hetero) is 1. The molecule has 0 saturated heterocycles. The Morgan fingerprint density at radius 3 is 2.55 bits per heavy atom. The topological polar surface area (TPSA) is 65.0 Å². The second-order valence-corrected chi connectivity index (χ2v) is 4.98. The molecule has 0 radical (unpaired) electrons. The molecule has 1 heterocycles. The van der Waals surface area contributed by atoms with Crippen molar-refractivity contribution in [2.45, 2.75) is 12.5 Å². The summed E-state index contributed by atoms with van der Waals surface area (Å²) in [5, 5.41) is 10.1. The van der Waals surface area contributed by atoms with E-state index in [1.165, 1.54) is 20.3 Å². The number of phenols is 1. The molecule has 0 unspecified atom stereocenters. The number of phenolic OH excluding ortho intramolecular Hbond substituents is 1. The van der Waals surface area contributed by atoms with Gasteiger partial charge in [0.15, 0.2) is 17.3 Å². The van der Waals surface area contributed by atoms with E-state index in [1.54, 1.807) is 0 Å². The molecule has 2 aromatic carbocycles. The normalized spacial score (nSPS) is 16.6. The molecule has 114 valence electrons. The van der Waals surface area contributed by atoms with Crippen LogP contribution in [0.2, 0.25) is 0 Å². The number of rotatable bonds is 3. The van der Waals surface area contributed by atoms with Crippen LogP contribution in [-0.2, 0) is 0 Å². The van der Waals surface area contributed by atoms with Crippen LogP contribution in [0.4, 0.5) is 0 Å². The Morgan fingerprint density at radius 2 is 1.91 bits per heavy atom. The standard InChI is InChI=1S/C17H16O5/c1-20-14-9-13-15(17(21-2)16(14)19)11(18)8-12(22-13)10-6-4-3-5-7-10/h3-7,9,12,19H,8H2,1-2H3/t12-/m0/s1. The number of ketones is 1. The third-order valence-corrected chi connectivity index (χ3v) is 3.70. The summed E-state index contributed by atoms with van der Waals surface area (Å²) in [6, 6.07) is 11.1. The van der Waals surface area contributed by atoms with Crippen molar-refractivity contribution in [1.29, 1.82) is 0 Å². The van der Waals surface area contributed by atoms with E-state index in [1.807, 2.05) is 30.3 Å². The third kappa shape index (κ3) is 2.24. The van der Waals surface area contributed by atoms with E-state index in [0.717, 1.165) is 5.56 Å². The Morgan fingerprint density at radius 1 is 1.18 bits per heavy atom. The minimum Gasteiger partial charge on any atom is -0.502 e. The minimum atomic E-state index is -0.361. The van der Waals surface area contributed by atoms with Crippen LogP contribution < -0.4 is 14.2 Å². The molecule has 0 bridgehead atoms. The van der Waals surface area contributed by atoms with E-state index < -0.39 is 0 Å². The van der Waals surface area contributed by atoms with Crippen LogP contribution in [0.3, 0.4) is 0 Å². The number of hydrogen-bond donors (Lipinski definition) is 1. The van der Waals surface area contributed by atoms with Crippen LogP contribution in [0.15, 0.2) is 36.4 Å². The third-order valence-electron chi connectivity index (χ3n) is 3.70. The van der Waals surface area contributed by atoms with Crippen molar-refractivity contribution in [3.8, 4) is 23.0 Å². The Balaban J connectivity index is 2.08. The molecule has 0 amide bonds. The molecule has 0 saturated carbocycles. The summed E-state index contributed by atoms with van der Waals surface area (Å²) in [6.07, 6.45) is -0.167. The highest BCUT2D eigenvalue weighted by atomic mass is 16.5. The quantitative estimate of drug-likeness (QED) is 0.943. The van der Waals surface area contributed by atoms with Crippen molar-refractivity contribution in [2.24, 2.45) is 0 Å². The number of hydrogen-bond acceptors (Lipinski definition) is 5. The van der Waals surface area contributed by atoms with E-state index >= 15 is 0 Å². The van der Waals surface area contributed by atoms with Gasteiger partial charge in [-0.25, -0.2) is 0 Å². The number of carbonyl (C=O) groups excluding carboxylic acids is 1. The van der Waals surface area contributed by atoms with E-state index in [4.69, 9.17) is 14.2 Å². The van der Waals surface area contributed by atoms with Gasteiger partial charge in [-0.2, -0.15) is 0 Å². The Bertz CT molecular complexity index is 709. The molecule has 1 aliphatic rings. The molecule has 3 rings (SSSR count). The van der Waals surface area contributed by atoms with Crippen molar-refractivity contribution < 1.29 is 24.1 Å². The van der Waals surface area contributed by atoms with E-state index in [-0.39, 0.29) is 41.1 Å². The minimum absolute atomic E-state index is 0.0888. The van der Waals surface area contributed by atoms with Crippen molar-refractivity contribution in [1.82, 2.24) is 0 Å². The molecular weight excluding hydrogens is 284 g/mol. The maximum absolute atomic E-state index is 12.5. The van der Waals surface area contributed by atoms with Gasteiger partial charge < -0.3 is 19.3 Å². The maximum Gasteiger partial charge on any atom is 0.201 e. The highest BCUT2D eigenvalue weighted by Crippen LogP contribution is 2.48. The molecule has 5 nitrogen and oxygen atoms in total. The van der Waals surface area contributed by atoms with Crippen LogP contribution in [0.5, 0.6) is 23.0 Å². The highest BCUT2D eigenvalue weighted by molar-refractivity contribution is 6.03. The summed E-state index contributed by atoms with van der Waals surface area (Å²) in [6.45, 7) is 0. The van der Waals surface area contributed by atoms with Gasteiger partial charge in [0.1, 0.15) is 17.4 Å². The van der Waals surface area contributed by atoms with E-state index in [9.17, 15) is 9.90 Å². The van der Waals surface area contributed by atoms with Crippen molar-refractivity contribution in [3.63, 3.8) is 0 Å². The highest BCUT2D eigenvalue weighted by Gasteiger charge is 2.33. The first-order valence-electron chi connectivity index (χ1n) is 6.88. The molecule has 0 aliphatic carbocycles. The largest absolute Gasteiger partial charge is 0.502 e. The number of aromatic hydroxyl groups is 1. The Labute approximate surface area is 128 Å². The molecule has 5 heteroatoms. The van der Waals surface area contributed by atoms with Gasteiger partial charge in [0.2, 0.25) is 5.75 Å². The first-order valence-corrected chi connectivity index (χ1v) is 6.88. The van der Waals surface area contributed by atoms with Gasteiger partial charge in [-0.1, -0.05) is 30.3 Å². The molecule has 2 aromatic rings. The average molecular weight is 300 g/mol. The zero-order valence-electron chi connectivity index (χ0n) is 12.3. The predicted molar refractivity (Wildman–Crippen MR) is 80.0 cm³/mol. The monoisotopic (exact) mass is 300 g/mol. The Kier molecular flexibility index (Phi) is 3.63. The SMILES string of the molecule is COc1cc2c(c(OC)c1O)C(=O)C[C@@H](c1ccccc1)O2. The van der Waals surface area contributed by atoms with Gasteiger partial charge >= 0.3 is 0 Å². The van der Waals surface area contributed by atoms with Crippen LogP contribution in [0.1, 0.15) is 28.4 Å². The van der Waals surface area contributed by atoms with Crippen LogP contribution in [0, 0.1) is 0 Å². The van der Waals surface area contributed by atoms with Gasteiger partial charge in [-0.3, -0.25) is 4.79 Å². The second-order valence-electron chi connectivity index (χ2n) is 4.98. The summed E-state index contributed by atoms with van der Waals surface area (Å²) in [5.74, 6) is 0.323. The first-order chi connectivity index (χ1) is 10.7. The summed E-state index contributed by atoms with van der Waals surface area (Å²) in [4.78, 5) is 12.5. The van der Waals surface area contributed by atoms with Crippen molar-refractivity contribution in [3.05, 3.63) is 47.5 Å². The number of methoxy groups -OCH3 is 2. The lowest BCUT2D eigenvalue weighted by Gasteiger charge is -2.27. The lowest BCUT2D eigenvalue weighted by molar-refractivity contribution is 0.0842. The van der Waals surface area contributed by atoms with Crippen molar-refractivity contribution in [2.75, 3.05) is 14.2 Å². The van der Waals surface area contributed by atoms with Gasteiger partial charge in [0.05, 0.1) is 20.6 Å². The molecule has 0 fully saturated rings. The number of fused-ring (bicyclic) bond motifs is 1. The number of ether oxygens (including phenoxy) is 3. The Hall–Kier alpha value is -2.69. The maximum atomic E-state index is 12.5. The molecule has 1 atom stereocenters. The predicted octanol–water partition coefficient (Wildman–Crippen LogP) is 3.12. The fourth-order valence-corrected chi connectivity index (χ4v) is 2.63. The zero-order valence-corrected chi connectivity index (χ0v) is 12.3. The fourth-order valence-electron chi connectivity index (χ4n) is 2.63. The molecule has 1 N–H and O–H groups in total.